The number of carbonyl (C=O) groups excluding carboxylic acids is 1. The fourth-order valence-corrected chi connectivity index (χ4v) is 3.76. The molecule has 1 aromatic rings. The molecule has 1 saturated heterocycles. The molecule has 8 heteroatoms. The normalized spacial score (nSPS) is 15.4. The van der Waals surface area contributed by atoms with Crippen LogP contribution in [0.1, 0.15) is 12.8 Å². The molecule has 1 fully saturated rings. The minimum atomic E-state index is -3.62. The molecule has 0 bridgehead atoms. The van der Waals surface area contributed by atoms with Crippen molar-refractivity contribution in [3.05, 3.63) is 28.7 Å². The van der Waals surface area contributed by atoms with E-state index in [-0.39, 0.29) is 18.0 Å². The Labute approximate surface area is 129 Å². The van der Waals surface area contributed by atoms with Gasteiger partial charge in [-0.15, -0.1) is 6.42 Å². The van der Waals surface area contributed by atoms with E-state index in [1.807, 2.05) is 0 Å². The number of hydrogen-bond donors (Lipinski definition) is 1. The minimum Gasteiger partial charge on any atom is -0.344 e. The Hall–Kier alpha value is -2.11. The van der Waals surface area contributed by atoms with Crippen molar-refractivity contribution in [1.82, 2.24) is 14.2 Å². The van der Waals surface area contributed by atoms with E-state index in [0.717, 1.165) is 23.5 Å². The Morgan fingerprint density at radius 1 is 1.32 bits per heavy atom. The maximum absolute atomic E-state index is 12.4. The smallest absolute Gasteiger partial charge is 0.251 e. The van der Waals surface area contributed by atoms with Crippen LogP contribution in [0.25, 0.3) is 0 Å². The number of pyridine rings is 1. The second-order valence-corrected chi connectivity index (χ2v) is 6.86. The second-order valence-electron chi connectivity index (χ2n) is 4.92. The summed E-state index contributed by atoms with van der Waals surface area (Å²) in [6, 6.07) is 2.42. The summed E-state index contributed by atoms with van der Waals surface area (Å²) in [5.41, 5.74) is -0.448. The van der Waals surface area contributed by atoms with Gasteiger partial charge in [0.15, 0.2) is 0 Å². The number of rotatable bonds is 5. The van der Waals surface area contributed by atoms with Gasteiger partial charge in [-0.1, -0.05) is 5.92 Å². The van der Waals surface area contributed by atoms with Gasteiger partial charge in [-0.2, -0.15) is 4.31 Å². The van der Waals surface area contributed by atoms with Gasteiger partial charge in [0.2, 0.25) is 15.9 Å². The largest absolute Gasteiger partial charge is 0.344 e. The molecule has 1 N–H and O–H groups in total. The van der Waals surface area contributed by atoms with Gasteiger partial charge in [0.1, 0.15) is 6.54 Å². The fourth-order valence-electron chi connectivity index (χ4n) is 2.22. The first-order chi connectivity index (χ1) is 10.4. The lowest BCUT2D eigenvalue weighted by Gasteiger charge is -2.16. The van der Waals surface area contributed by atoms with Gasteiger partial charge in [-0.3, -0.25) is 9.59 Å². The average molecular weight is 323 g/mol. The highest BCUT2D eigenvalue weighted by Crippen LogP contribution is 2.19. The highest BCUT2D eigenvalue weighted by atomic mass is 32.2. The molecule has 1 amide bonds. The van der Waals surface area contributed by atoms with Crippen LogP contribution in [0.15, 0.2) is 28.0 Å². The van der Waals surface area contributed by atoms with Crippen LogP contribution >= 0.6 is 0 Å². The predicted octanol–water partition coefficient (Wildman–Crippen LogP) is -0.618. The maximum Gasteiger partial charge on any atom is 0.251 e. The lowest BCUT2D eigenvalue weighted by molar-refractivity contribution is -0.121. The first-order valence-electron chi connectivity index (χ1n) is 6.86. The van der Waals surface area contributed by atoms with Crippen molar-refractivity contribution in [2.24, 2.45) is 0 Å². The van der Waals surface area contributed by atoms with Gasteiger partial charge >= 0.3 is 0 Å². The van der Waals surface area contributed by atoms with Crippen molar-refractivity contribution in [2.45, 2.75) is 24.3 Å². The van der Waals surface area contributed by atoms with E-state index in [9.17, 15) is 18.0 Å². The van der Waals surface area contributed by atoms with E-state index in [1.165, 1.54) is 16.6 Å². The van der Waals surface area contributed by atoms with Crippen LogP contribution < -0.4 is 10.9 Å². The molecule has 118 valence electrons. The van der Waals surface area contributed by atoms with E-state index < -0.39 is 21.5 Å². The third-order valence-electron chi connectivity index (χ3n) is 3.36. The highest BCUT2D eigenvalue weighted by molar-refractivity contribution is 7.89. The van der Waals surface area contributed by atoms with E-state index in [1.54, 1.807) is 0 Å². The van der Waals surface area contributed by atoms with Crippen LogP contribution in [0, 0.1) is 12.3 Å². The van der Waals surface area contributed by atoms with Gasteiger partial charge in [0, 0.05) is 25.4 Å². The van der Waals surface area contributed by atoms with Crippen LogP contribution in [0.5, 0.6) is 0 Å². The summed E-state index contributed by atoms with van der Waals surface area (Å²) in [5.74, 6) is 1.80. The first kappa shape index (κ1) is 16.3. The number of terminal acetylenes is 1. The number of amides is 1. The molecule has 0 atom stereocenters. The molecule has 1 aliphatic heterocycles. The molecule has 0 aliphatic carbocycles. The fraction of sp³-hybridized carbons (Fsp3) is 0.429. The number of nitrogens with one attached hydrogen (secondary N) is 1. The topological polar surface area (TPSA) is 88.5 Å². The van der Waals surface area contributed by atoms with Gasteiger partial charge in [-0.05, 0) is 18.9 Å². The van der Waals surface area contributed by atoms with Crippen molar-refractivity contribution >= 4 is 15.9 Å². The standard InChI is InChI=1S/C14H17N3O4S/c1-2-7-15-13(18)11-16-10-12(5-6-14(16)19)22(20,21)17-8-3-4-9-17/h1,5-6,10H,3-4,7-9,11H2,(H,15,18). The Balaban J connectivity index is 2.25. The monoisotopic (exact) mass is 323 g/mol. The Morgan fingerprint density at radius 2 is 2.00 bits per heavy atom. The molecule has 2 heterocycles. The van der Waals surface area contributed by atoms with Crippen molar-refractivity contribution in [3.63, 3.8) is 0 Å². The highest BCUT2D eigenvalue weighted by Gasteiger charge is 2.27. The van der Waals surface area contributed by atoms with Crippen molar-refractivity contribution in [3.8, 4) is 12.3 Å². The minimum absolute atomic E-state index is 0.0127. The van der Waals surface area contributed by atoms with Gasteiger partial charge in [0.25, 0.3) is 5.56 Å². The lowest BCUT2D eigenvalue weighted by Crippen LogP contribution is -2.33. The summed E-state index contributed by atoms with van der Waals surface area (Å²) >= 11 is 0. The zero-order valence-electron chi connectivity index (χ0n) is 12.0. The summed E-state index contributed by atoms with van der Waals surface area (Å²) in [4.78, 5) is 23.4. The van der Waals surface area contributed by atoms with Crippen molar-refractivity contribution < 1.29 is 13.2 Å². The van der Waals surface area contributed by atoms with Crippen molar-refractivity contribution in [1.29, 1.82) is 0 Å². The molecule has 1 aromatic heterocycles. The average Bonchev–Trinajstić information content (AvgIpc) is 3.02. The predicted molar refractivity (Wildman–Crippen MR) is 80.5 cm³/mol. The molecule has 0 radical (unpaired) electrons. The molecule has 0 unspecified atom stereocenters. The second kappa shape index (κ2) is 6.77. The van der Waals surface area contributed by atoms with Crippen LogP contribution in [0.2, 0.25) is 0 Å². The third-order valence-corrected chi connectivity index (χ3v) is 5.24. The molecule has 2 rings (SSSR count). The van der Waals surface area contributed by atoms with Crippen LogP contribution in [-0.2, 0) is 21.4 Å². The molecule has 1 aliphatic rings. The molecular weight excluding hydrogens is 306 g/mol. The summed E-state index contributed by atoms with van der Waals surface area (Å²) in [6.45, 7) is 0.734. The lowest BCUT2D eigenvalue weighted by atomic mass is 10.4. The SMILES string of the molecule is C#CCNC(=O)Cn1cc(S(=O)(=O)N2CCCC2)ccc1=O. The van der Waals surface area contributed by atoms with Gasteiger partial charge in [-0.25, -0.2) is 8.42 Å². The Morgan fingerprint density at radius 3 is 2.64 bits per heavy atom. The summed E-state index contributed by atoms with van der Waals surface area (Å²) < 4.78 is 27.3. The number of sulfonamides is 1. The first-order valence-corrected chi connectivity index (χ1v) is 8.30. The maximum atomic E-state index is 12.4. The Bertz CT molecular complexity index is 755. The summed E-state index contributed by atoms with van der Waals surface area (Å²) in [6.07, 6.45) is 7.89. The molecule has 0 saturated carbocycles. The number of aromatic nitrogens is 1. The van der Waals surface area contributed by atoms with Gasteiger partial charge < -0.3 is 9.88 Å². The molecular formula is C14H17N3O4S. The number of nitrogens with zero attached hydrogens (tertiary/aromatic N) is 2. The van der Waals surface area contributed by atoms with Crippen LogP contribution in [0.4, 0.5) is 0 Å². The number of carbonyl (C=O) groups is 1. The summed E-state index contributed by atoms with van der Waals surface area (Å²) in [5, 5.41) is 2.43. The molecule has 7 nitrogen and oxygen atoms in total. The van der Waals surface area contributed by atoms with E-state index in [2.05, 4.69) is 11.2 Å². The van der Waals surface area contributed by atoms with E-state index >= 15 is 0 Å². The van der Waals surface area contributed by atoms with E-state index in [4.69, 9.17) is 6.42 Å². The van der Waals surface area contributed by atoms with Crippen LogP contribution in [0.3, 0.4) is 0 Å². The number of hydrogen-bond acceptors (Lipinski definition) is 4. The zero-order chi connectivity index (χ0) is 16.2. The molecule has 0 spiro atoms. The van der Waals surface area contributed by atoms with Gasteiger partial charge in [0.05, 0.1) is 11.4 Å². The molecule has 0 aromatic carbocycles. The summed E-state index contributed by atoms with van der Waals surface area (Å²) in [7, 11) is -3.62. The van der Waals surface area contributed by atoms with Crippen LogP contribution in [-0.4, -0.2) is 42.8 Å². The third kappa shape index (κ3) is 3.55. The van der Waals surface area contributed by atoms with E-state index in [0.29, 0.717) is 13.1 Å². The Kier molecular flexibility index (Phi) is 5.00. The molecule has 22 heavy (non-hydrogen) atoms. The quantitative estimate of drug-likeness (QED) is 0.732. The van der Waals surface area contributed by atoms with Crippen molar-refractivity contribution in [2.75, 3.05) is 19.6 Å². The zero-order valence-corrected chi connectivity index (χ0v) is 12.8.